The van der Waals surface area contributed by atoms with Crippen molar-refractivity contribution < 1.29 is 23.0 Å². The molecule has 1 aromatic carbocycles. The highest BCUT2D eigenvalue weighted by Crippen LogP contribution is 2.37. The number of amides is 1. The molecular formula is C25H24ClF2N7O3. The highest BCUT2D eigenvalue weighted by Gasteiger charge is 2.22. The second kappa shape index (κ2) is 11.7. The molecule has 0 aliphatic carbocycles. The molecule has 38 heavy (non-hydrogen) atoms. The number of carbonyl (C=O) groups is 1. The van der Waals surface area contributed by atoms with Crippen LogP contribution < -0.4 is 10.1 Å². The lowest BCUT2D eigenvalue weighted by Crippen LogP contribution is -2.36. The van der Waals surface area contributed by atoms with E-state index in [2.05, 4.69) is 25.4 Å². The first-order valence-electron chi connectivity index (χ1n) is 11.8. The van der Waals surface area contributed by atoms with Crippen LogP contribution in [0.25, 0.3) is 16.9 Å². The van der Waals surface area contributed by atoms with E-state index in [1.807, 2.05) is 12.2 Å². The van der Waals surface area contributed by atoms with E-state index in [1.165, 1.54) is 28.9 Å². The Morgan fingerprint density at radius 2 is 2.05 bits per heavy atom. The number of alkyl halides is 2. The lowest BCUT2D eigenvalue weighted by molar-refractivity contribution is -0.0494. The highest BCUT2D eigenvalue weighted by atomic mass is 35.5. The molecule has 0 spiro atoms. The zero-order valence-electron chi connectivity index (χ0n) is 20.1. The van der Waals surface area contributed by atoms with Crippen molar-refractivity contribution in [1.29, 1.82) is 0 Å². The third kappa shape index (κ3) is 5.98. The fourth-order valence-electron chi connectivity index (χ4n) is 4.06. The Morgan fingerprint density at radius 3 is 2.87 bits per heavy atom. The number of nitrogens with zero attached hydrogens (tertiary/aromatic N) is 6. The van der Waals surface area contributed by atoms with Gasteiger partial charge in [-0.25, -0.2) is 9.50 Å². The zero-order chi connectivity index (χ0) is 26.5. The minimum atomic E-state index is -3.05. The van der Waals surface area contributed by atoms with Gasteiger partial charge in [0.05, 0.1) is 31.6 Å². The van der Waals surface area contributed by atoms with Gasteiger partial charge in [0.25, 0.3) is 5.91 Å². The number of ether oxygens (including phenoxy) is 2. The molecule has 1 saturated heterocycles. The first-order chi connectivity index (χ1) is 18.5. The highest BCUT2D eigenvalue weighted by molar-refractivity contribution is 6.31. The van der Waals surface area contributed by atoms with E-state index < -0.39 is 12.5 Å². The minimum absolute atomic E-state index is 0.120. The van der Waals surface area contributed by atoms with Crippen molar-refractivity contribution in [3.63, 3.8) is 0 Å². The molecule has 1 fully saturated rings. The summed E-state index contributed by atoms with van der Waals surface area (Å²) in [5.74, 6) is -0.605. The maximum atomic E-state index is 13.2. The Kier molecular flexibility index (Phi) is 7.91. The summed E-state index contributed by atoms with van der Waals surface area (Å²) in [5.41, 5.74) is 1.33. The molecule has 0 atom stereocenters. The van der Waals surface area contributed by atoms with Crippen LogP contribution in [-0.2, 0) is 11.3 Å². The van der Waals surface area contributed by atoms with Gasteiger partial charge >= 0.3 is 6.61 Å². The van der Waals surface area contributed by atoms with E-state index in [-0.39, 0.29) is 28.3 Å². The Bertz CT molecular complexity index is 1450. The molecule has 10 nitrogen and oxygen atoms in total. The number of halogens is 3. The topological polar surface area (TPSA) is 98.8 Å². The van der Waals surface area contributed by atoms with Gasteiger partial charge in [0.2, 0.25) is 0 Å². The fraction of sp³-hybridized carbons (Fsp3) is 0.280. The van der Waals surface area contributed by atoms with Crippen molar-refractivity contribution >= 4 is 28.8 Å². The summed E-state index contributed by atoms with van der Waals surface area (Å²) in [6.45, 7) is 1.26. The summed E-state index contributed by atoms with van der Waals surface area (Å²) in [7, 11) is 0. The molecule has 0 bridgehead atoms. The van der Waals surface area contributed by atoms with Crippen LogP contribution in [0, 0.1) is 0 Å². The monoisotopic (exact) mass is 543 g/mol. The van der Waals surface area contributed by atoms with E-state index >= 15 is 0 Å². The van der Waals surface area contributed by atoms with Crippen molar-refractivity contribution in [2.75, 3.05) is 38.2 Å². The van der Waals surface area contributed by atoms with Gasteiger partial charge in [-0.3, -0.25) is 14.4 Å². The standard InChI is InChI=1S/C25H24ClF2N7O3/c26-17-4-5-21(38-25(27)28)18(14-17)22-20(31-24(36)19-15-30-35-9-3-6-29-23(19)35)16-34(32-22)8-2-1-7-33-10-12-37-13-11-33/h1-6,9,14-16,25H,7-8,10-13H2,(H,31,36). The number of hydrogen-bond acceptors (Lipinski definition) is 7. The Hall–Kier alpha value is -3.87. The van der Waals surface area contributed by atoms with E-state index in [0.29, 0.717) is 30.4 Å². The normalized spacial score (nSPS) is 14.5. The van der Waals surface area contributed by atoms with Crippen LogP contribution in [0.4, 0.5) is 14.5 Å². The number of rotatable bonds is 9. The van der Waals surface area contributed by atoms with Crippen LogP contribution in [0.1, 0.15) is 10.4 Å². The SMILES string of the molecule is O=C(Nc1cn(CC=CCN2CCOCC2)nc1-c1cc(Cl)ccc1OC(F)F)c1cnn2cccnc12. The van der Waals surface area contributed by atoms with Crippen LogP contribution in [0.5, 0.6) is 5.75 Å². The average molecular weight is 544 g/mol. The number of hydrogen-bond donors (Lipinski definition) is 1. The lowest BCUT2D eigenvalue weighted by atomic mass is 10.1. The van der Waals surface area contributed by atoms with Crippen molar-refractivity contribution in [2.45, 2.75) is 13.2 Å². The third-order valence-electron chi connectivity index (χ3n) is 5.87. The molecule has 0 unspecified atom stereocenters. The Labute approximate surface area is 221 Å². The van der Waals surface area contributed by atoms with E-state index in [0.717, 1.165) is 19.6 Å². The summed E-state index contributed by atoms with van der Waals surface area (Å²) in [5, 5.41) is 11.8. The van der Waals surface area contributed by atoms with E-state index in [1.54, 1.807) is 29.3 Å². The van der Waals surface area contributed by atoms with Gasteiger partial charge in [-0.1, -0.05) is 23.8 Å². The smallest absolute Gasteiger partial charge is 0.387 e. The first-order valence-corrected chi connectivity index (χ1v) is 12.2. The Balaban J connectivity index is 1.44. The molecule has 0 saturated carbocycles. The molecule has 1 amide bonds. The predicted molar refractivity (Wildman–Crippen MR) is 137 cm³/mol. The van der Waals surface area contributed by atoms with Crippen LogP contribution >= 0.6 is 11.6 Å². The summed E-state index contributed by atoms with van der Waals surface area (Å²) in [6, 6.07) is 5.94. The van der Waals surface area contributed by atoms with Crippen LogP contribution in [-0.4, -0.2) is 74.6 Å². The van der Waals surface area contributed by atoms with Gasteiger partial charge in [0.15, 0.2) is 5.65 Å². The van der Waals surface area contributed by atoms with Crippen LogP contribution in [0.3, 0.4) is 0 Å². The fourth-order valence-corrected chi connectivity index (χ4v) is 4.23. The quantitative estimate of drug-likeness (QED) is 0.319. The molecule has 1 N–H and O–H groups in total. The number of aromatic nitrogens is 5. The summed E-state index contributed by atoms with van der Waals surface area (Å²) >= 11 is 6.18. The van der Waals surface area contributed by atoms with Gasteiger partial charge in [-0.15, -0.1) is 0 Å². The molecule has 5 rings (SSSR count). The van der Waals surface area contributed by atoms with Crippen molar-refractivity contribution in [1.82, 2.24) is 29.3 Å². The third-order valence-corrected chi connectivity index (χ3v) is 6.11. The van der Waals surface area contributed by atoms with Crippen LogP contribution in [0.15, 0.2) is 61.2 Å². The van der Waals surface area contributed by atoms with E-state index in [9.17, 15) is 13.6 Å². The number of allylic oxidation sites excluding steroid dienone is 1. The van der Waals surface area contributed by atoms with E-state index in [4.69, 9.17) is 21.1 Å². The molecule has 4 heterocycles. The molecular weight excluding hydrogens is 520 g/mol. The molecule has 0 radical (unpaired) electrons. The number of fused-ring (bicyclic) bond motifs is 1. The largest absolute Gasteiger partial charge is 0.434 e. The summed E-state index contributed by atoms with van der Waals surface area (Å²) < 4.78 is 39.4. The van der Waals surface area contributed by atoms with Gasteiger partial charge in [0, 0.05) is 48.8 Å². The average Bonchev–Trinajstić information content (AvgIpc) is 3.52. The number of benzene rings is 1. The van der Waals surface area contributed by atoms with Crippen molar-refractivity contribution in [2.24, 2.45) is 0 Å². The number of carbonyl (C=O) groups excluding carboxylic acids is 1. The second-order valence-electron chi connectivity index (χ2n) is 8.42. The van der Waals surface area contributed by atoms with Crippen molar-refractivity contribution in [3.05, 3.63) is 71.8 Å². The maximum absolute atomic E-state index is 13.2. The summed E-state index contributed by atoms with van der Waals surface area (Å²) in [6.07, 6.45) is 10.2. The predicted octanol–water partition coefficient (Wildman–Crippen LogP) is 3.99. The number of morpholine rings is 1. The van der Waals surface area contributed by atoms with Gasteiger partial charge in [-0.05, 0) is 24.3 Å². The number of nitrogens with one attached hydrogen (secondary N) is 1. The maximum Gasteiger partial charge on any atom is 0.387 e. The summed E-state index contributed by atoms with van der Waals surface area (Å²) in [4.78, 5) is 19.7. The molecule has 1 aliphatic heterocycles. The molecule has 198 valence electrons. The second-order valence-corrected chi connectivity index (χ2v) is 8.85. The van der Waals surface area contributed by atoms with Gasteiger partial charge in [0.1, 0.15) is 17.0 Å². The molecule has 1 aliphatic rings. The zero-order valence-corrected chi connectivity index (χ0v) is 20.9. The molecule has 13 heteroatoms. The minimum Gasteiger partial charge on any atom is -0.434 e. The number of anilines is 1. The van der Waals surface area contributed by atoms with Crippen molar-refractivity contribution in [3.8, 4) is 17.0 Å². The van der Waals surface area contributed by atoms with Crippen LogP contribution in [0.2, 0.25) is 5.02 Å². The molecule has 4 aromatic rings. The van der Waals surface area contributed by atoms with Gasteiger partial charge < -0.3 is 14.8 Å². The molecule has 3 aromatic heterocycles. The lowest BCUT2D eigenvalue weighted by Gasteiger charge is -2.25. The van der Waals surface area contributed by atoms with Gasteiger partial charge in [-0.2, -0.15) is 19.0 Å². The Morgan fingerprint density at radius 1 is 1.24 bits per heavy atom. The first kappa shape index (κ1) is 25.8.